The van der Waals surface area contributed by atoms with E-state index in [1.54, 1.807) is 6.07 Å². The minimum atomic E-state index is -3.58. The third kappa shape index (κ3) is 4.03. The van der Waals surface area contributed by atoms with Gasteiger partial charge in [0, 0.05) is 18.7 Å². The molecule has 0 aliphatic carbocycles. The fourth-order valence-electron chi connectivity index (χ4n) is 3.32. The van der Waals surface area contributed by atoms with E-state index in [1.165, 1.54) is 29.8 Å². The smallest absolute Gasteiger partial charge is 0.206 e. The molecule has 5 nitrogen and oxygen atoms in total. The number of carbonyl (C=O) groups is 1. The molecule has 138 valence electrons. The number of rotatable bonds is 5. The van der Waals surface area contributed by atoms with Crippen molar-refractivity contribution in [3.63, 3.8) is 0 Å². The molecule has 0 bridgehead atoms. The molecule has 0 spiro atoms. The lowest BCUT2D eigenvalue weighted by Gasteiger charge is -2.23. The van der Waals surface area contributed by atoms with Gasteiger partial charge in [0.25, 0.3) is 0 Å². The number of nitrogens with zero attached hydrogens (tertiary/aromatic N) is 2. The number of carbonyl (C=O) groups excluding carboxylic acids is 1. The first-order chi connectivity index (χ1) is 12.4. The molecule has 2 aromatic rings. The summed E-state index contributed by atoms with van der Waals surface area (Å²) in [6.07, 6.45) is 2.48. The molecule has 0 fully saturated rings. The van der Waals surface area contributed by atoms with Crippen LogP contribution in [-0.4, -0.2) is 58.4 Å². The Balaban J connectivity index is 1.87. The summed E-state index contributed by atoms with van der Waals surface area (Å²) < 4.78 is 25.8. The first kappa shape index (κ1) is 18.8. The Bertz CT molecular complexity index is 890. The van der Waals surface area contributed by atoms with Crippen molar-refractivity contribution in [2.45, 2.75) is 22.6 Å². The van der Waals surface area contributed by atoms with Crippen LogP contribution in [0.2, 0.25) is 0 Å². The summed E-state index contributed by atoms with van der Waals surface area (Å²) in [5.74, 6) is 0. The van der Waals surface area contributed by atoms with Gasteiger partial charge in [0.05, 0.1) is 16.5 Å². The van der Waals surface area contributed by atoms with Gasteiger partial charge in [-0.1, -0.05) is 18.2 Å². The fraction of sp³-hybridized carbons (Fsp3) is 0.350. The Morgan fingerprint density at radius 1 is 0.962 bits per heavy atom. The molecular weight excluding hydrogens is 348 g/mol. The zero-order valence-electron chi connectivity index (χ0n) is 15.2. The molecule has 3 rings (SSSR count). The largest absolute Gasteiger partial charge is 0.298 e. The maximum atomic E-state index is 12.9. The topological polar surface area (TPSA) is 57.7 Å². The van der Waals surface area contributed by atoms with Gasteiger partial charge in [-0.05, 0) is 62.3 Å². The first-order valence-electron chi connectivity index (χ1n) is 8.69. The summed E-state index contributed by atoms with van der Waals surface area (Å²) in [5.41, 5.74) is 2.80. The number of aldehydes is 1. The van der Waals surface area contributed by atoms with Crippen molar-refractivity contribution in [2.75, 3.05) is 33.9 Å². The highest BCUT2D eigenvalue weighted by molar-refractivity contribution is 7.91. The summed E-state index contributed by atoms with van der Waals surface area (Å²) in [6, 6.07) is 11.5. The van der Waals surface area contributed by atoms with Gasteiger partial charge >= 0.3 is 0 Å². The summed E-state index contributed by atoms with van der Waals surface area (Å²) in [4.78, 5) is 15.8. The number of hydrogen-bond acceptors (Lipinski definition) is 5. The Morgan fingerprint density at radius 3 is 2.19 bits per heavy atom. The van der Waals surface area contributed by atoms with E-state index in [9.17, 15) is 13.2 Å². The standard InChI is InChI=1S/C20H24N2O3S/c1-21(2)15-22-11-9-17-5-8-20(13-18(17)10-12-22)26(24,25)19-6-3-16(14-23)4-7-19/h3-8,13-14H,9-12,15H2,1-2H3. The zero-order chi connectivity index (χ0) is 18.7. The maximum Gasteiger partial charge on any atom is 0.206 e. The van der Waals surface area contributed by atoms with Crippen LogP contribution in [0.1, 0.15) is 21.5 Å². The minimum Gasteiger partial charge on any atom is -0.298 e. The number of fused-ring (bicyclic) bond motifs is 1. The molecule has 0 saturated heterocycles. The van der Waals surface area contributed by atoms with Crippen LogP contribution in [0.25, 0.3) is 0 Å². The lowest BCUT2D eigenvalue weighted by molar-refractivity contribution is 0.112. The van der Waals surface area contributed by atoms with Crippen molar-refractivity contribution in [3.8, 4) is 0 Å². The predicted molar refractivity (Wildman–Crippen MR) is 101 cm³/mol. The van der Waals surface area contributed by atoms with E-state index in [2.05, 4.69) is 23.9 Å². The molecule has 6 heteroatoms. The van der Waals surface area contributed by atoms with Gasteiger partial charge < -0.3 is 0 Å². The quantitative estimate of drug-likeness (QED) is 0.754. The third-order valence-electron chi connectivity index (χ3n) is 4.69. The number of sulfone groups is 1. The van der Waals surface area contributed by atoms with Crippen molar-refractivity contribution in [2.24, 2.45) is 0 Å². The Kier molecular flexibility index (Phi) is 5.55. The molecule has 0 atom stereocenters. The van der Waals surface area contributed by atoms with Gasteiger partial charge in [0.15, 0.2) is 0 Å². The lowest BCUT2D eigenvalue weighted by Crippen LogP contribution is -2.35. The summed E-state index contributed by atoms with van der Waals surface area (Å²) in [5, 5.41) is 0. The molecule has 26 heavy (non-hydrogen) atoms. The van der Waals surface area contributed by atoms with Crippen LogP contribution < -0.4 is 0 Å². The fourth-order valence-corrected chi connectivity index (χ4v) is 4.63. The van der Waals surface area contributed by atoms with Crippen molar-refractivity contribution in [1.29, 1.82) is 0 Å². The molecule has 0 amide bonds. The Labute approximate surface area is 155 Å². The van der Waals surface area contributed by atoms with Gasteiger partial charge in [-0.25, -0.2) is 8.42 Å². The van der Waals surface area contributed by atoms with E-state index in [0.29, 0.717) is 16.7 Å². The van der Waals surface area contributed by atoms with Gasteiger partial charge in [-0.3, -0.25) is 14.6 Å². The van der Waals surface area contributed by atoms with E-state index in [4.69, 9.17) is 0 Å². The van der Waals surface area contributed by atoms with E-state index in [-0.39, 0.29) is 4.90 Å². The van der Waals surface area contributed by atoms with Crippen LogP contribution in [0.5, 0.6) is 0 Å². The number of benzene rings is 2. The molecule has 1 heterocycles. The molecule has 1 aliphatic heterocycles. The molecule has 2 aromatic carbocycles. The van der Waals surface area contributed by atoms with Crippen LogP contribution in [0.4, 0.5) is 0 Å². The first-order valence-corrected chi connectivity index (χ1v) is 10.2. The average molecular weight is 372 g/mol. The van der Waals surface area contributed by atoms with Gasteiger partial charge in [-0.2, -0.15) is 0 Å². The van der Waals surface area contributed by atoms with E-state index in [1.807, 2.05) is 12.1 Å². The monoisotopic (exact) mass is 372 g/mol. The highest BCUT2D eigenvalue weighted by Crippen LogP contribution is 2.25. The molecule has 0 unspecified atom stereocenters. The zero-order valence-corrected chi connectivity index (χ0v) is 16.0. The van der Waals surface area contributed by atoms with Gasteiger partial charge in [0.2, 0.25) is 9.84 Å². The van der Waals surface area contributed by atoms with Crippen molar-refractivity contribution >= 4 is 16.1 Å². The minimum absolute atomic E-state index is 0.214. The Hall–Kier alpha value is -2.02. The second-order valence-electron chi connectivity index (χ2n) is 6.96. The summed E-state index contributed by atoms with van der Waals surface area (Å²) in [6.45, 7) is 2.80. The molecule has 0 saturated carbocycles. The molecular formula is C20H24N2O3S. The van der Waals surface area contributed by atoms with Crippen LogP contribution in [0, 0.1) is 0 Å². The Morgan fingerprint density at radius 2 is 1.58 bits per heavy atom. The summed E-state index contributed by atoms with van der Waals surface area (Å²) >= 11 is 0. The van der Waals surface area contributed by atoms with Gasteiger partial charge in [0.1, 0.15) is 6.29 Å². The predicted octanol–water partition coefficient (Wildman–Crippen LogP) is 2.25. The van der Waals surface area contributed by atoms with Crippen molar-refractivity contribution in [1.82, 2.24) is 9.80 Å². The number of hydrogen-bond donors (Lipinski definition) is 0. The molecule has 0 aromatic heterocycles. The molecule has 1 aliphatic rings. The lowest BCUT2D eigenvalue weighted by atomic mass is 10.0. The van der Waals surface area contributed by atoms with E-state index >= 15 is 0 Å². The molecule has 0 radical (unpaired) electrons. The maximum absolute atomic E-state index is 12.9. The SMILES string of the molecule is CN(C)CN1CCc2ccc(S(=O)(=O)c3ccc(C=O)cc3)cc2CC1. The van der Waals surface area contributed by atoms with Gasteiger partial charge in [-0.15, -0.1) is 0 Å². The van der Waals surface area contributed by atoms with Crippen LogP contribution >= 0.6 is 0 Å². The van der Waals surface area contributed by atoms with Crippen molar-refractivity contribution < 1.29 is 13.2 Å². The highest BCUT2D eigenvalue weighted by Gasteiger charge is 2.21. The second-order valence-corrected chi connectivity index (χ2v) is 8.91. The second kappa shape index (κ2) is 7.70. The van der Waals surface area contributed by atoms with Crippen LogP contribution in [-0.2, 0) is 22.7 Å². The summed E-state index contributed by atoms with van der Waals surface area (Å²) in [7, 11) is 0.529. The van der Waals surface area contributed by atoms with E-state index < -0.39 is 9.84 Å². The molecule has 0 N–H and O–H groups in total. The highest BCUT2D eigenvalue weighted by atomic mass is 32.2. The van der Waals surface area contributed by atoms with Crippen LogP contribution in [0.15, 0.2) is 52.3 Å². The third-order valence-corrected chi connectivity index (χ3v) is 6.46. The average Bonchev–Trinajstić information content (AvgIpc) is 2.83. The van der Waals surface area contributed by atoms with E-state index in [0.717, 1.165) is 38.2 Å². The normalized spacial score (nSPS) is 15.5. The van der Waals surface area contributed by atoms with Crippen LogP contribution in [0.3, 0.4) is 0 Å². The van der Waals surface area contributed by atoms with Crippen molar-refractivity contribution in [3.05, 3.63) is 59.2 Å².